The normalized spacial score (nSPS) is 18.2. The molecular weight excluding hydrogens is 254 g/mol. The van der Waals surface area contributed by atoms with Gasteiger partial charge in [-0.2, -0.15) is 0 Å². The second kappa shape index (κ2) is 9.76. The van der Waals surface area contributed by atoms with Gasteiger partial charge in [-0.1, -0.05) is 62.5 Å². The molecule has 0 spiro atoms. The van der Waals surface area contributed by atoms with E-state index in [0.717, 1.165) is 24.5 Å². The van der Waals surface area contributed by atoms with Gasteiger partial charge in [-0.15, -0.1) is 0 Å². The van der Waals surface area contributed by atoms with Crippen molar-refractivity contribution in [3.63, 3.8) is 0 Å². The van der Waals surface area contributed by atoms with E-state index in [1.54, 1.807) is 0 Å². The van der Waals surface area contributed by atoms with Crippen molar-refractivity contribution in [1.82, 2.24) is 0 Å². The molecule has 0 aliphatic heterocycles. The van der Waals surface area contributed by atoms with Crippen molar-refractivity contribution in [3.05, 3.63) is 35.5 Å². The fourth-order valence-corrected chi connectivity index (χ4v) is 3.06. The molecule has 1 saturated carbocycles. The van der Waals surface area contributed by atoms with Crippen molar-refractivity contribution >= 4 is 5.71 Å². The van der Waals surface area contributed by atoms with Gasteiger partial charge in [-0.25, -0.2) is 0 Å². The third-order valence-electron chi connectivity index (χ3n) is 4.44. The lowest BCUT2D eigenvalue weighted by Crippen LogP contribution is -2.12. The summed E-state index contributed by atoms with van der Waals surface area (Å²) in [6.45, 7) is 8.51. The number of rotatable bonds is 8. The Morgan fingerprint density at radius 3 is 2.43 bits per heavy atom. The van der Waals surface area contributed by atoms with Crippen molar-refractivity contribution in [3.8, 4) is 0 Å². The zero-order chi connectivity index (χ0) is 15.7. The quantitative estimate of drug-likeness (QED) is 0.390. The van der Waals surface area contributed by atoms with Crippen molar-refractivity contribution in [2.45, 2.75) is 72.6 Å². The fraction of sp³-hybridized carbons (Fsp3) is 0.650. The minimum Gasteiger partial charge on any atom is -0.309 e. The molecule has 1 aliphatic carbocycles. The highest BCUT2D eigenvalue weighted by Gasteiger charge is 2.17. The second-order valence-electron chi connectivity index (χ2n) is 6.81. The average Bonchev–Trinajstić information content (AvgIpc) is 2.95. The Morgan fingerprint density at radius 1 is 1.19 bits per heavy atom. The molecule has 1 rings (SSSR count). The van der Waals surface area contributed by atoms with E-state index in [1.807, 2.05) is 0 Å². The molecule has 1 fully saturated rings. The molecular formula is C20H33N. The molecule has 0 heterocycles. The number of nitrogens with one attached hydrogen (secondary N) is 1. The van der Waals surface area contributed by atoms with E-state index >= 15 is 0 Å². The largest absolute Gasteiger partial charge is 0.309 e. The van der Waals surface area contributed by atoms with Crippen molar-refractivity contribution < 1.29 is 0 Å². The lowest BCUT2D eigenvalue weighted by atomic mass is 9.90. The molecule has 0 radical (unpaired) electrons. The molecule has 1 aliphatic rings. The predicted octanol–water partition coefficient (Wildman–Crippen LogP) is 6.47. The van der Waals surface area contributed by atoms with Crippen LogP contribution in [0.2, 0.25) is 0 Å². The Balaban J connectivity index is 2.47. The van der Waals surface area contributed by atoms with Gasteiger partial charge in [0.25, 0.3) is 0 Å². The van der Waals surface area contributed by atoms with Crippen LogP contribution in [-0.4, -0.2) is 5.71 Å². The Morgan fingerprint density at radius 2 is 1.86 bits per heavy atom. The van der Waals surface area contributed by atoms with E-state index in [4.69, 9.17) is 5.41 Å². The summed E-state index contributed by atoms with van der Waals surface area (Å²) >= 11 is 0. The molecule has 0 aromatic rings. The minimum atomic E-state index is 0.361. The zero-order valence-corrected chi connectivity index (χ0v) is 14.4. The first-order valence-corrected chi connectivity index (χ1v) is 8.57. The van der Waals surface area contributed by atoms with E-state index < -0.39 is 0 Å². The van der Waals surface area contributed by atoms with Crippen molar-refractivity contribution in [2.75, 3.05) is 0 Å². The maximum Gasteiger partial charge on any atom is 0.0121 e. The summed E-state index contributed by atoms with van der Waals surface area (Å²) in [7, 11) is 0. The monoisotopic (exact) mass is 287 g/mol. The average molecular weight is 287 g/mol. The summed E-state index contributed by atoms with van der Waals surface area (Å²) in [6, 6.07) is 0. The zero-order valence-electron chi connectivity index (χ0n) is 14.4. The summed E-state index contributed by atoms with van der Waals surface area (Å²) < 4.78 is 0. The van der Waals surface area contributed by atoms with Gasteiger partial charge >= 0.3 is 0 Å². The summed E-state index contributed by atoms with van der Waals surface area (Å²) in [5.41, 5.74) is 3.59. The molecule has 0 saturated heterocycles. The molecule has 1 heteroatoms. The summed E-state index contributed by atoms with van der Waals surface area (Å²) in [5, 5.41) is 8.33. The number of allylic oxidation sites excluding steroid dienone is 6. The molecule has 118 valence electrons. The molecule has 0 aromatic heterocycles. The van der Waals surface area contributed by atoms with Gasteiger partial charge in [0.1, 0.15) is 0 Å². The van der Waals surface area contributed by atoms with Crippen molar-refractivity contribution in [2.24, 2.45) is 11.8 Å². The van der Waals surface area contributed by atoms with Gasteiger partial charge in [0.15, 0.2) is 0 Å². The second-order valence-corrected chi connectivity index (χ2v) is 6.81. The molecule has 1 atom stereocenters. The molecule has 0 aromatic carbocycles. The fourth-order valence-electron chi connectivity index (χ4n) is 3.06. The van der Waals surface area contributed by atoms with Crippen LogP contribution in [0.25, 0.3) is 0 Å². The molecule has 1 unspecified atom stereocenters. The lowest BCUT2D eigenvalue weighted by Gasteiger charge is -2.16. The number of hydrogen-bond acceptors (Lipinski definition) is 1. The van der Waals surface area contributed by atoms with Crippen LogP contribution < -0.4 is 0 Å². The van der Waals surface area contributed by atoms with Gasteiger partial charge in [-0.05, 0) is 57.4 Å². The highest BCUT2D eigenvalue weighted by atomic mass is 14.4. The topological polar surface area (TPSA) is 23.9 Å². The lowest BCUT2D eigenvalue weighted by molar-refractivity contribution is 0.509. The van der Waals surface area contributed by atoms with E-state index in [2.05, 4.69) is 52.0 Å². The van der Waals surface area contributed by atoms with Crippen LogP contribution in [0.1, 0.15) is 72.6 Å². The molecule has 0 amide bonds. The highest BCUT2D eigenvalue weighted by molar-refractivity contribution is 5.83. The highest BCUT2D eigenvalue weighted by Crippen LogP contribution is 2.29. The van der Waals surface area contributed by atoms with Crippen LogP contribution in [0.3, 0.4) is 0 Å². The van der Waals surface area contributed by atoms with Crippen molar-refractivity contribution in [1.29, 1.82) is 5.41 Å². The minimum absolute atomic E-state index is 0.361. The van der Waals surface area contributed by atoms with Gasteiger partial charge in [0, 0.05) is 5.71 Å². The van der Waals surface area contributed by atoms with Crippen LogP contribution in [0, 0.1) is 17.2 Å². The Hall–Kier alpha value is -1.11. The van der Waals surface area contributed by atoms with E-state index in [-0.39, 0.29) is 0 Å². The first-order chi connectivity index (χ1) is 10.0. The third-order valence-corrected chi connectivity index (χ3v) is 4.44. The van der Waals surface area contributed by atoms with Crippen LogP contribution in [-0.2, 0) is 0 Å². The maximum absolute atomic E-state index is 8.33. The molecule has 0 bridgehead atoms. The Labute approximate surface area is 131 Å². The smallest absolute Gasteiger partial charge is 0.0121 e. The first-order valence-electron chi connectivity index (χ1n) is 8.57. The van der Waals surface area contributed by atoms with Crippen LogP contribution in [0.4, 0.5) is 0 Å². The van der Waals surface area contributed by atoms with Crippen LogP contribution in [0.15, 0.2) is 35.5 Å². The van der Waals surface area contributed by atoms with E-state index in [0.29, 0.717) is 5.92 Å². The Bertz CT molecular complexity index is 402. The van der Waals surface area contributed by atoms with E-state index in [1.165, 1.54) is 43.3 Å². The molecule has 1 nitrogen and oxygen atoms in total. The molecule has 21 heavy (non-hydrogen) atoms. The summed E-state index contributed by atoms with van der Waals surface area (Å²) in [4.78, 5) is 0. The standard InChI is InChI=1S/C20H33N/c1-5-8-19(12-11-16(2)3)15-17(4)20(21)14-13-18-9-6-7-10-18/h5,8,11-12,17-18,21H,6-7,9-10,13-15H2,1-4H3. The Kier molecular flexibility index (Phi) is 8.34. The van der Waals surface area contributed by atoms with Gasteiger partial charge in [0.05, 0.1) is 0 Å². The first kappa shape index (κ1) is 17.9. The predicted molar refractivity (Wildman–Crippen MR) is 95.0 cm³/mol. The summed E-state index contributed by atoms with van der Waals surface area (Å²) in [6.07, 6.45) is 17.5. The third kappa shape index (κ3) is 7.45. The van der Waals surface area contributed by atoms with Gasteiger partial charge < -0.3 is 5.41 Å². The van der Waals surface area contributed by atoms with Crippen LogP contribution >= 0.6 is 0 Å². The van der Waals surface area contributed by atoms with E-state index in [9.17, 15) is 0 Å². The summed E-state index contributed by atoms with van der Waals surface area (Å²) in [5.74, 6) is 1.26. The SMILES string of the molecule is CC=CC(=CC=C(C)C)CC(C)C(=N)CCC1CCCC1. The molecule has 1 N–H and O–H groups in total. The maximum atomic E-state index is 8.33. The van der Waals surface area contributed by atoms with Crippen LogP contribution in [0.5, 0.6) is 0 Å². The van der Waals surface area contributed by atoms with Gasteiger partial charge in [-0.3, -0.25) is 0 Å². The van der Waals surface area contributed by atoms with Gasteiger partial charge in [0.2, 0.25) is 0 Å². The number of hydrogen-bond donors (Lipinski definition) is 1.